The van der Waals surface area contributed by atoms with Crippen LogP contribution in [0.2, 0.25) is 0 Å². The van der Waals surface area contributed by atoms with Crippen LogP contribution in [0.5, 0.6) is 0 Å². The summed E-state index contributed by atoms with van der Waals surface area (Å²) in [4.78, 5) is 1.75. The minimum atomic E-state index is -4.19. The van der Waals surface area contributed by atoms with Crippen LogP contribution in [0.4, 0.5) is 13.2 Å². The summed E-state index contributed by atoms with van der Waals surface area (Å²) in [6.07, 6.45) is -2.93. The highest BCUT2D eigenvalue weighted by atomic mass is 35.5. The van der Waals surface area contributed by atoms with Crippen LogP contribution in [0.1, 0.15) is 12.8 Å². The molecular weight excluding hydrogens is 167 g/mol. The molecule has 1 rings (SSSR count). The van der Waals surface area contributed by atoms with Crippen molar-refractivity contribution in [3.05, 3.63) is 0 Å². The molecule has 0 saturated heterocycles. The first-order chi connectivity index (χ1) is 4.55. The summed E-state index contributed by atoms with van der Waals surface area (Å²) in [5, 5.41) is 0. The van der Waals surface area contributed by atoms with Crippen molar-refractivity contribution in [2.75, 3.05) is 0 Å². The van der Waals surface area contributed by atoms with Crippen LogP contribution in [-0.4, -0.2) is 12.2 Å². The largest absolute Gasteiger partial charge is 0.405 e. The van der Waals surface area contributed by atoms with E-state index in [1.165, 1.54) is 0 Å². The maximum absolute atomic E-state index is 11.9. The van der Waals surface area contributed by atoms with Gasteiger partial charge >= 0.3 is 6.18 Å². The van der Waals surface area contributed by atoms with Crippen molar-refractivity contribution >= 4 is 11.8 Å². The fourth-order valence-corrected chi connectivity index (χ4v) is 1.15. The highest BCUT2D eigenvalue weighted by molar-refractivity contribution is 6.13. The Hall–Kier alpha value is 0.0400. The molecule has 5 heteroatoms. The van der Waals surface area contributed by atoms with E-state index in [4.69, 9.17) is 11.8 Å². The first kappa shape index (κ1) is 8.14. The molecule has 1 aliphatic rings. The van der Waals surface area contributed by atoms with Gasteiger partial charge in [-0.25, -0.2) is 4.84 Å². The molecule has 10 heavy (non-hydrogen) atoms. The van der Waals surface area contributed by atoms with E-state index in [0.29, 0.717) is 12.8 Å². The van der Waals surface area contributed by atoms with Crippen molar-refractivity contribution in [1.82, 2.24) is 4.84 Å². The molecule has 1 aliphatic carbocycles. The van der Waals surface area contributed by atoms with Crippen LogP contribution >= 0.6 is 11.8 Å². The Morgan fingerprint density at radius 2 is 1.90 bits per heavy atom. The molecule has 0 unspecified atom stereocenters. The Labute approximate surface area is 61.7 Å². The summed E-state index contributed by atoms with van der Waals surface area (Å²) in [6, 6.07) is -1.51. The van der Waals surface area contributed by atoms with Crippen molar-refractivity contribution in [2.24, 2.45) is 5.92 Å². The summed E-state index contributed by atoms with van der Waals surface area (Å²) >= 11 is 4.92. The van der Waals surface area contributed by atoms with Gasteiger partial charge in [-0.05, 0) is 30.5 Å². The van der Waals surface area contributed by atoms with Crippen molar-refractivity contribution in [3.63, 3.8) is 0 Å². The Bertz CT molecular complexity index is 121. The van der Waals surface area contributed by atoms with E-state index in [1.54, 1.807) is 4.84 Å². The van der Waals surface area contributed by atoms with E-state index in [9.17, 15) is 13.2 Å². The maximum atomic E-state index is 11.9. The molecule has 0 heterocycles. The Morgan fingerprint density at radius 1 is 1.40 bits per heavy atom. The third kappa shape index (κ3) is 1.76. The van der Waals surface area contributed by atoms with Crippen molar-refractivity contribution < 1.29 is 13.2 Å². The minimum absolute atomic E-state index is 0.294. The first-order valence-electron chi connectivity index (χ1n) is 2.98. The summed E-state index contributed by atoms with van der Waals surface area (Å²) in [6.45, 7) is 0. The number of nitrogens with one attached hydrogen (secondary N) is 1. The van der Waals surface area contributed by atoms with Gasteiger partial charge < -0.3 is 0 Å². The van der Waals surface area contributed by atoms with Crippen LogP contribution in [0.25, 0.3) is 0 Å². The van der Waals surface area contributed by atoms with E-state index < -0.39 is 12.2 Å². The summed E-state index contributed by atoms with van der Waals surface area (Å²) in [5.41, 5.74) is 0. The monoisotopic (exact) mass is 173 g/mol. The lowest BCUT2D eigenvalue weighted by Crippen LogP contribution is -2.39. The van der Waals surface area contributed by atoms with Gasteiger partial charge in [0.05, 0.1) is 0 Å². The molecule has 0 aromatic rings. The van der Waals surface area contributed by atoms with Gasteiger partial charge in [-0.15, -0.1) is 0 Å². The van der Waals surface area contributed by atoms with Crippen molar-refractivity contribution in [3.8, 4) is 0 Å². The predicted octanol–water partition coefficient (Wildman–Crippen LogP) is 2.07. The molecule has 1 nitrogen and oxygen atoms in total. The average molecular weight is 174 g/mol. The normalized spacial score (nSPS) is 22.8. The van der Waals surface area contributed by atoms with Crippen LogP contribution < -0.4 is 4.84 Å². The molecule has 0 spiro atoms. The number of halogens is 4. The zero-order valence-corrected chi connectivity index (χ0v) is 5.84. The molecule has 0 aromatic heterocycles. The summed E-state index contributed by atoms with van der Waals surface area (Å²) in [7, 11) is 0. The van der Waals surface area contributed by atoms with E-state index >= 15 is 0 Å². The van der Waals surface area contributed by atoms with Crippen LogP contribution in [-0.2, 0) is 0 Å². The number of hydrogen-bond donors (Lipinski definition) is 1. The molecule has 60 valence electrons. The van der Waals surface area contributed by atoms with E-state index in [1.807, 2.05) is 0 Å². The molecular formula is C5H7ClF3N. The highest BCUT2D eigenvalue weighted by Crippen LogP contribution is 2.40. The molecule has 0 amide bonds. The topological polar surface area (TPSA) is 12.0 Å². The van der Waals surface area contributed by atoms with Crippen LogP contribution in [0.15, 0.2) is 0 Å². The minimum Gasteiger partial charge on any atom is -0.221 e. The van der Waals surface area contributed by atoms with Crippen LogP contribution in [0.3, 0.4) is 0 Å². The maximum Gasteiger partial charge on any atom is 0.405 e. The second-order valence-corrected chi connectivity index (χ2v) is 2.68. The van der Waals surface area contributed by atoms with E-state index in [0.717, 1.165) is 0 Å². The second kappa shape index (κ2) is 2.58. The molecule has 0 radical (unpaired) electrons. The van der Waals surface area contributed by atoms with E-state index in [-0.39, 0.29) is 5.92 Å². The molecule has 0 aliphatic heterocycles. The van der Waals surface area contributed by atoms with Gasteiger partial charge in [0.15, 0.2) is 0 Å². The molecule has 1 fully saturated rings. The van der Waals surface area contributed by atoms with Gasteiger partial charge in [0.1, 0.15) is 6.04 Å². The summed E-state index contributed by atoms with van der Waals surface area (Å²) in [5.74, 6) is -0.294. The molecule has 0 bridgehead atoms. The third-order valence-electron chi connectivity index (χ3n) is 1.56. The van der Waals surface area contributed by atoms with Gasteiger partial charge in [-0.2, -0.15) is 13.2 Å². The highest BCUT2D eigenvalue weighted by Gasteiger charge is 2.48. The van der Waals surface area contributed by atoms with Crippen molar-refractivity contribution in [1.29, 1.82) is 0 Å². The second-order valence-electron chi connectivity index (χ2n) is 2.47. The zero-order valence-electron chi connectivity index (χ0n) is 5.08. The Kier molecular flexibility index (Phi) is 2.10. The van der Waals surface area contributed by atoms with Crippen LogP contribution in [0, 0.1) is 5.92 Å². The van der Waals surface area contributed by atoms with E-state index in [2.05, 4.69) is 0 Å². The standard InChI is InChI=1S/C5H7ClF3N/c6-10-4(3-1-2-3)5(7,8)9/h3-4,10H,1-2H2/t4-/m1/s1. The van der Waals surface area contributed by atoms with Gasteiger partial charge in [0.2, 0.25) is 0 Å². The lowest BCUT2D eigenvalue weighted by atomic mass is 10.2. The Morgan fingerprint density at radius 3 is 2.00 bits per heavy atom. The van der Waals surface area contributed by atoms with Gasteiger partial charge in [-0.1, -0.05) is 0 Å². The summed E-state index contributed by atoms with van der Waals surface area (Å²) < 4.78 is 35.6. The number of hydrogen-bond acceptors (Lipinski definition) is 1. The predicted molar refractivity (Wildman–Crippen MR) is 31.6 cm³/mol. The Balaban J connectivity index is 2.46. The van der Waals surface area contributed by atoms with Gasteiger partial charge in [0.25, 0.3) is 0 Å². The fraction of sp³-hybridized carbons (Fsp3) is 1.00. The lowest BCUT2D eigenvalue weighted by Gasteiger charge is -2.16. The van der Waals surface area contributed by atoms with Crippen molar-refractivity contribution in [2.45, 2.75) is 25.1 Å². The third-order valence-corrected chi connectivity index (χ3v) is 1.80. The average Bonchev–Trinajstić information content (AvgIpc) is 2.46. The number of alkyl halides is 3. The first-order valence-corrected chi connectivity index (χ1v) is 3.36. The zero-order chi connectivity index (χ0) is 7.78. The molecule has 1 N–H and O–H groups in total. The molecule has 1 saturated carbocycles. The number of rotatable bonds is 2. The smallest absolute Gasteiger partial charge is 0.221 e. The van der Waals surface area contributed by atoms with Gasteiger partial charge in [-0.3, -0.25) is 0 Å². The SMILES string of the molecule is FC(F)(F)[C@H](NCl)C1CC1. The quantitative estimate of drug-likeness (QED) is 0.631. The molecule has 0 aromatic carbocycles. The lowest BCUT2D eigenvalue weighted by molar-refractivity contribution is -0.155. The van der Waals surface area contributed by atoms with Gasteiger partial charge in [0, 0.05) is 0 Å². The fourth-order valence-electron chi connectivity index (χ4n) is 0.848. The molecule has 1 atom stereocenters.